The Bertz CT molecular complexity index is 1310. The van der Waals surface area contributed by atoms with Crippen LogP contribution in [0.4, 0.5) is 5.69 Å². The number of benzene rings is 3. The van der Waals surface area contributed by atoms with Crippen LogP contribution in [0.3, 0.4) is 0 Å². The van der Waals surface area contributed by atoms with Crippen molar-refractivity contribution >= 4 is 21.6 Å². The maximum Gasteiger partial charge on any atom is 0.263 e. The minimum absolute atomic E-state index is 0.0868. The molecule has 5 rings (SSSR count). The van der Waals surface area contributed by atoms with Crippen LogP contribution < -0.4 is 14.4 Å². The van der Waals surface area contributed by atoms with E-state index in [1.807, 2.05) is 30.3 Å². The van der Waals surface area contributed by atoms with Gasteiger partial charge < -0.3 is 14.8 Å². The SMILES string of the molecule is O=C(NCc1ccc(CN2CCOCC2)cc1)[C@@H]1CN(S(=O)(=O)Cc2ccccc2)c2ccccc2O1. The minimum Gasteiger partial charge on any atom is -0.476 e. The van der Waals surface area contributed by atoms with Gasteiger partial charge in [-0.05, 0) is 28.8 Å². The van der Waals surface area contributed by atoms with Crippen LogP contribution in [0.25, 0.3) is 0 Å². The highest BCUT2D eigenvalue weighted by atomic mass is 32.2. The Morgan fingerprint density at radius 1 is 0.865 bits per heavy atom. The number of ether oxygens (including phenoxy) is 2. The van der Waals surface area contributed by atoms with Crippen LogP contribution in [0.1, 0.15) is 16.7 Å². The van der Waals surface area contributed by atoms with Gasteiger partial charge in [0.05, 0.1) is 31.2 Å². The molecule has 0 aliphatic carbocycles. The topological polar surface area (TPSA) is 88.2 Å². The van der Waals surface area contributed by atoms with Crippen LogP contribution in [0.2, 0.25) is 0 Å². The van der Waals surface area contributed by atoms with Crippen LogP contribution in [0.15, 0.2) is 78.9 Å². The third-order valence-electron chi connectivity index (χ3n) is 6.55. The molecule has 37 heavy (non-hydrogen) atoms. The molecule has 3 aromatic carbocycles. The van der Waals surface area contributed by atoms with Crippen molar-refractivity contribution < 1.29 is 22.7 Å². The molecule has 0 saturated carbocycles. The van der Waals surface area contributed by atoms with Crippen molar-refractivity contribution in [1.29, 1.82) is 0 Å². The lowest BCUT2D eigenvalue weighted by atomic mass is 10.1. The second kappa shape index (κ2) is 11.3. The molecule has 2 aliphatic heterocycles. The first-order valence-electron chi connectivity index (χ1n) is 12.4. The summed E-state index contributed by atoms with van der Waals surface area (Å²) in [6.45, 7) is 4.51. The van der Waals surface area contributed by atoms with E-state index in [0.717, 1.165) is 38.4 Å². The smallest absolute Gasteiger partial charge is 0.263 e. The molecule has 0 radical (unpaired) electrons. The second-order valence-corrected chi connectivity index (χ2v) is 11.2. The standard InChI is InChI=1S/C28H31N3O5S/c32-28(29-18-22-10-12-23(13-11-22)19-30-14-16-35-17-15-30)27-20-31(25-8-4-5-9-26(25)36-27)37(33,34)21-24-6-2-1-3-7-24/h1-13,27H,14-21H2,(H,29,32)/t27-/m0/s1. The lowest BCUT2D eigenvalue weighted by Gasteiger charge is -2.34. The Labute approximate surface area is 217 Å². The molecule has 0 spiro atoms. The Kier molecular flexibility index (Phi) is 7.73. The second-order valence-electron chi connectivity index (χ2n) is 9.27. The van der Waals surface area contributed by atoms with Crippen LogP contribution >= 0.6 is 0 Å². The lowest BCUT2D eigenvalue weighted by Crippen LogP contribution is -2.50. The van der Waals surface area contributed by atoms with Crippen LogP contribution in [0, 0.1) is 0 Å². The third kappa shape index (κ3) is 6.30. The molecule has 3 aromatic rings. The normalized spacial score (nSPS) is 18.1. The van der Waals surface area contributed by atoms with Gasteiger partial charge in [0.15, 0.2) is 6.10 Å². The molecule has 9 heteroatoms. The molecule has 1 fully saturated rings. The van der Waals surface area contributed by atoms with Crippen molar-refractivity contribution in [2.45, 2.75) is 24.9 Å². The first kappa shape index (κ1) is 25.3. The summed E-state index contributed by atoms with van der Waals surface area (Å²) >= 11 is 0. The van der Waals surface area contributed by atoms with Crippen molar-refractivity contribution in [3.05, 3.63) is 95.6 Å². The maximum absolute atomic E-state index is 13.4. The summed E-state index contributed by atoms with van der Waals surface area (Å²) in [5.74, 6) is -0.141. The van der Waals surface area contributed by atoms with Crippen LogP contribution in [-0.2, 0) is 38.4 Å². The largest absolute Gasteiger partial charge is 0.476 e. The van der Waals surface area contributed by atoms with Crippen molar-refractivity contribution in [2.75, 3.05) is 37.2 Å². The van der Waals surface area contributed by atoms with E-state index in [0.29, 0.717) is 23.5 Å². The zero-order valence-corrected chi connectivity index (χ0v) is 21.4. The van der Waals surface area contributed by atoms with Gasteiger partial charge in [0.1, 0.15) is 5.75 Å². The zero-order valence-electron chi connectivity index (χ0n) is 20.6. The number of hydrogen-bond donors (Lipinski definition) is 1. The van der Waals surface area contributed by atoms with E-state index in [-0.39, 0.29) is 18.2 Å². The number of sulfonamides is 1. The van der Waals surface area contributed by atoms with Gasteiger partial charge in [-0.25, -0.2) is 8.42 Å². The van der Waals surface area contributed by atoms with Crippen molar-refractivity contribution in [3.8, 4) is 5.75 Å². The number of carbonyl (C=O) groups is 1. The fourth-order valence-corrected chi connectivity index (χ4v) is 6.13. The van der Waals surface area contributed by atoms with Gasteiger partial charge in [-0.3, -0.25) is 14.0 Å². The highest BCUT2D eigenvalue weighted by molar-refractivity contribution is 7.92. The first-order valence-corrected chi connectivity index (χ1v) is 14.0. The van der Waals surface area contributed by atoms with Gasteiger partial charge in [-0.15, -0.1) is 0 Å². The highest BCUT2D eigenvalue weighted by Crippen LogP contribution is 2.35. The monoisotopic (exact) mass is 521 g/mol. The van der Waals surface area contributed by atoms with Gasteiger partial charge >= 0.3 is 0 Å². The molecule has 2 aliphatic rings. The maximum atomic E-state index is 13.4. The summed E-state index contributed by atoms with van der Waals surface area (Å²) in [5.41, 5.74) is 3.30. The van der Waals surface area contributed by atoms with E-state index in [1.165, 1.54) is 9.87 Å². The van der Waals surface area contributed by atoms with Crippen molar-refractivity contribution in [3.63, 3.8) is 0 Å². The Balaban J connectivity index is 1.23. The molecule has 2 heterocycles. The number of anilines is 1. The van der Waals surface area contributed by atoms with E-state index < -0.39 is 16.1 Å². The highest BCUT2D eigenvalue weighted by Gasteiger charge is 2.36. The Morgan fingerprint density at radius 3 is 2.30 bits per heavy atom. The quantitative estimate of drug-likeness (QED) is 0.491. The third-order valence-corrected chi connectivity index (χ3v) is 8.27. The van der Waals surface area contributed by atoms with Crippen LogP contribution in [-0.4, -0.2) is 58.2 Å². The van der Waals surface area contributed by atoms with Gasteiger partial charge in [0, 0.05) is 26.2 Å². The van der Waals surface area contributed by atoms with E-state index in [2.05, 4.69) is 22.3 Å². The molecule has 1 atom stereocenters. The van der Waals surface area contributed by atoms with Gasteiger partial charge in [0.2, 0.25) is 10.0 Å². The van der Waals surface area contributed by atoms with Gasteiger partial charge in [0.25, 0.3) is 5.91 Å². The number of para-hydroxylation sites is 2. The van der Waals surface area contributed by atoms with E-state index in [4.69, 9.17) is 9.47 Å². The summed E-state index contributed by atoms with van der Waals surface area (Å²) in [6.07, 6.45) is -0.957. The number of fused-ring (bicyclic) bond motifs is 1. The summed E-state index contributed by atoms with van der Waals surface area (Å²) in [7, 11) is -3.74. The number of amides is 1. The molecule has 1 saturated heterocycles. The number of rotatable bonds is 8. The van der Waals surface area contributed by atoms with E-state index >= 15 is 0 Å². The molecule has 0 bridgehead atoms. The molecular weight excluding hydrogens is 490 g/mol. The Morgan fingerprint density at radius 2 is 1.54 bits per heavy atom. The molecule has 194 valence electrons. The number of nitrogens with zero attached hydrogens (tertiary/aromatic N) is 2. The number of nitrogens with one attached hydrogen (secondary N) is 1. The Hall–Kier alpha value is -3.40. The van der Waals surface area contributed by atoms with Crippen LogP contribution in [0.5, 0.6) is 5.75 Å². The molecule has 0 aromatic heterocycles. The number of carbonyl (C=O) groups excluding carboxylic acids is 1. The fourth-order valence-electron chi connectivity index (χ4n) is 4.55. The summed E-state index contributed by atoms with van der Waals surface area (Å²) < 4.78 is 39.4. The van der Waals surface area contributed by atoms with E-state index in [9.17, 15) is 13.2 Å². The average Bonchev–Trinajstić information content (AvgIpc) is 2.93. The predicted molar refractivity (Wildman–Crippen MR) is 142 cm³/mol. The first-order chi connectivity index (χ1) is 18.0. The molecular formula is C28H31N3O5S. The molecule has 1 amide bonds. The van der Waals surface area contributed by atoms with Crippen molar-refractivity contribution in [1.82, 2.24) is 10.2 Å². The summed E-state index contributed by atoms with van der Waals surface area (Å²) in [4.78, 5) is 15.4. The average molecular weight is 522 g/mol. The fraction of sp³-hybridized carbons (Fsp3) is 0.321. The van der Waals surface area contributed by atoms with E-state index in [1.54, 1.807) is 36.4 Å². The van der Waals surface area contributed by atoms with Crippen molar-refractivity contribution in [2.24, 2.45) is 0 Å². The number of morpholine rings is 1. The molecule has 1 N–H and O–H groups in total. The molecule has 8 nitrogen and oxygen atoms in total. The number of hydrogen-bond acceptors (Lipinski definition) is 6. The lowest BCUT2D eigenvalue weighted by molar-refractivity contribution is -0.127. The van der Waals surface area contributed by atoms with Gasteiger partial charge in [-0.2, -0.15) is 0 Å². The summed E-state index contributed by atoms with van der Waals surface area (Å²) in [5, 5.41) is 2.91. The van der Waals surface area contributed by atoms with Gasteiger partial charge in [-0.1, -0.05) is 66.7 Å². The minimum atomic E-state index is -3.74. The predicted octanol–water partition coefficient (Wildman–Crippen LogP) is 2.93. The summed E-state index contributed by atoms with van der Waals surface area (Å²) in [6, 6.07) is 24.1. The zero-order chi connectivity index (χ0) is 25.7. The molecule has 0 unspecified atom stereocenters.